The van der Waals surface area contributed by atoms with Gasteiger partial charge in [-0.15, -0.1) is 0 Å². The van der Waals surface area contributed by atoms with Crippen molar-refractivity contribution in [1.82, 2.24) is 15.1 Å². The van der Waals surface area contributed by atoms with E-state index in [-0.39, 0.29) is 17.8 Å². The van der Waals surface area contributed by atoms with E-state index in [9.17, 15) is 9.90 Å². The highest BCUT2D eigenvalue weighted by atomic mass is 16.3. The first-order valence-electron chi connectivity index (χ1n) is 9.15. The minimum atomic E-state index is 0.00579. The van der Waals surface area contributed by atoms with Crippen molar-refractivity contribution in [2.45, 2.75) is 38.1 Å². The maximum absolute atomic E-state index is 12.4. The lowest BCUT2D eigenvalue weighted by Gasteiger charge is -2.32. The summed E-state index contributed by atoms with van der Waals surface area (Å²) in [6.45, 7) is 3.53. The molecule has 0 bridgehead atoms. The van der Waals surface area contributed by atoms with E-state index in [2.05, 4.69) is 10.2 Å². The quantitative estimate of drug-likeness (QED) is 0.842. The monoisotopic (exact) mass is 331 g/mol. The number of amides is 2. The molecular formula is C19H29N3O2. The van der Waals surface area contributed by atoms with Crippen LogP contribution in [0.4, 0.5) is 4.79 Å². The molecular weight excluding hydrogens is 302 g/mol. The predicted molar refractivity (Wildman–Crippen MR) is 95.0 cm³/mol. The number of carbonyl (C=O) groups excluding carboxylic acids is 1. The maximum atomic E-state index is 12.4. The van der Waals surface area contributed by atoms with Crippen molar-refractivity contribution in [3.63, 3.8) is 0 Å². The fraction of sp³-hybridized carbons (Fsp3) is 0.632. The normalized spacial score (nSPS) is 19.7. The second kappa shape index (κ2) is 7.88. The molecule has 1 aliphatic heterocycles. The van der Waals surface area contributed by atoms with Gasteiger partial charge in [0.15, 0.2) is 0 Å². The Morgan fingerprint density at radius 1 is 1.33 bits per heavy atom. The van der Waals surface area contributed by atoms with Crippen LogP contribution in [0.15, 0.2) is 24.3 Å². The Hall–Kier alpha value is -1.75. The van der Waals surface area contributed by atoms with Gasteiger partial charge in [-0.2, -0.15) is 0 Å². The van der Waals surface area contributed by atoms with Gasteiger partial charge < -0.3 is 15.3 Å². The average molecular weight is 331 g/mol. The van der Waals surface area contributed by atoms with Crippen LogP contribution < -0.4 is 5.32 Å². The van der Waals surface area contributed by atoms with E-state index in [1.165, 1.54) is 32.1 Å². The van der Waals surface area contributed by atoms with Gasteiger partial charge >= 0.3 is 6.03 Å². The number of carbonyl (C=O) groups is 1. The molecule has 132 valence electrons. The Morgan fingerprint density at radius 3 is 2.71 bits per heavy atom. The van der Waals surface area contributed by atoms with Crippen molar-refractivity contribution in [3.8, 4) is 5.75 Å². The Morgan fingerprint density at radius 2 is 2.08 bits per heavy atom. The van der Waals surface area contributed by atoms with Gasteiger partial charge in [0.1, 0.15) is 5.75 Å². The van der Waals surface area contributed by atoms with Crippen molar-refractivity contribution >= 4 is 6.03 Å². The Kier molecular flexibility index (Phi) is 5.61. The molecule has 24 heavy (non-hydrogen) atoms. The minimum Gasteiger partial charge on any atom is -0.508 e. The molecule has 0 spiro atoms. The zero-order valence-electron chi connectivity index (χ0n) is 14.6. The molecule has 1 heterocycles. The summed E-state index contributed by atoms with van der Waals surface area (Å²) in [6, 6.07) is 7.54. The van der Waals surface area contributed by atoms with Crippen LogP contribution in [0, 0.1) is 5.92 Å². The van der Waals surface area contributed by atoms with Crippen molar-refractivity contribution < 1.29 is 9.90 Å². The van der Waals surface area contributed by atoms with E-state index >= 15 is 0 Å². The number of nitrogens with zero attached hydrogens (tertiary/aromatic N) is 2. The van der Waals surface area contributed by atoms with Gasteiger partial charge in [-0.05, 0) is 62.4 Å². The molecule has 3 rings (SSSR count). The van der Waals surface area contributed by atoms with Crippen molar-refractivity contribution in [3.05, 3.63) is 29.8 Å². The summed E-state index contributed by atoms with van der Waals surface area (Å²) < 4.78 is 0. The molecule has 2 fully saturated rings. The largest absolute Gasteiger partial charge is 0.508 e. The van der Waals surface area contributed by atoms with Gasteiger partial charge in [-0.25, -0.2) is 4.79 Å². The summed E-state index contributed by atoms with van der Waals surface area (Å²) in [6.07, 6.45) is 6.19. The number of aromatic hydroxyl groups is 1. The molecule has 1 saturated carbocycles. The smallest absolute Gasteiger partial charge is 0.317 e. The lowest BCUT2D eigenvalue weighted by molar-refractivity contribution is 0.176. The van der Waals surface area contributed by atoms with E-state index in [4.69, 9.17) is 0 Å². The van der Waals surface area contributed by atoms with E-state index in [1.807, 2.05) is 30.1 Å². The first-order valence-corrected chi connectivity index (χ1v) is 9.15. The first-order chi connectivity index (χ1) is 11.6. The molecule has 0 aromatic heterocycles. The van der Waals surface area contributed by atoms with Crippen LogP contribution >= 0.6 is 0 Å². The Bertz CT molecular complexity index is 553. The van der Waals surface area contributed by atoms with Crippen LogP contribution in [0.2, 0.25) is 0 Å². The molecule has 1 aliphatic carbocycles. The van der Waals surface area contributed by atoms with E-state index in [0.717, 1.165) is 25.2 Å². The number of urea groups is 1. The fourth-order valence-corrected chi connectivity index (χ4v) is 3.71. The van der Waals surface area contributed by atoms with Crippen LogP contribution in [0.1, 0.15) is 43.7 Å². The molecule has 1 aromatic rings. The lowest BCUT2D eigenvalue weighted by Crippen LogP contribution is -2.44. The zero-order chi connectivity index (χ0) is 16.9. The second-order valence-electron chi connectivity index (χ2n) is 7.22. The van der Waals surface area contributed by atoms with Gasteiger partial charge in [0, 0.05) is 20.1 Å². The second-order valence-corrected chi connectivity index (χ2v) is 7.22. The summed E-state index contributed by atoms with van der Waals surface area (Å²) in [7, 11) is 1.88. The molecule has 1 aromatic carbocycles. The highest BCUT2D eigenvalue weighted by molar-refractivity contribution is 5.73. The third-order valence-electron chi connectivity index (χ3n) is 5.39. The molecule has 2 N–H and O–H groups in total. The number of likely N-dealkylation sites (tertiary alicyclic amines) is 1. The van der Waals surface area contributed by atoms with Gasteiger partial charge in [-0.1, -0.05) is 18.6 Å². The Balaban J connectivity index is 1.60. The van der Waals surface area contributed by atoms with E-state index in [0.29, 0.717) is 12.5 Å². The highest BCUT2D eigenvalue weighted by Gasteiger charge is 2.26. The maximum Gasteiger partial charge on any atom is 0.317 e. The van der Waals surface area contributed by atoms with Crippen molar-refractivity contribution in [2.24, 2.45) is 5.92 Å². The number of hydrogen-bond acceptors (Lipinski definition) is 3. The van der Waals surface area contributed by atoms with E-state index in [1.54, 1.807) is 6.07 Å². The topological polar surface area (TPSA) is 55.8 Å². The highest BCUT2D eigenvalue weighted by Crippen LogP contribution is 2.28. The third kappa shape index (κ3) is 4.20. The minimum absolute atomic E-state index is 0.00579. The summed E-state index contributed by atoms with van der Waals surface area (Å²) in [5, 5.41) is 12.9. The molecule has 2 aliphatic rings. The summed E-state index contributed by atoms with van der Waals surface area (Å²) in [5.74, 6) is 0.964. The molecule has 5 heteroatoms. The third-order valence-corrected chi connectivity index (χ3v) is 5.39. The van der Waals surface area contributed by atoms with Crippen LogP contribution in [0.5, 0.6) is 5.75 Å². The van der Waals surface area contributed by atoms with E-state index < -0.39 is 0 Å². The van der Waals surface area contributed by atoms with Crippen LogP contribution in [0.3, 0.4) is 0 Å². The van der Waals surface area contributed by atoms with Crippen LogP contribution in [-0.2, 0) is 0 Å². The molecule has 1 atom stereocenters. The zero-order valence-corrected chi connectivity index (χ0v) is 14.6. The van der Waals surface area contributed by atoms with Gasteiger partial charge in [0.2, 0.25) is 0 Å². The number of phenols is 1. The number of rotatable bonds is 6. The van der Waals surface area contributed by atoms with Crippen LogP contribution in [-0.4, -0.2) is 54.2 Å². The molecule has 1 unspecified atom stereocenters. The van der Waals surface area contributed by atoms with Crippen molar-refractivity contribution in [2.75, 3.05) is 33.2 Å². The van der Waals surface area contributed by atoms with Gasteiger partial charge in [0.05, 0.1) is 6.04 Å². The summed E-state index contributed by atoms with van der Waals surface area (Å²) in [4.78, 5) is 16.6. The predicted octanol–water partition coefficient (Wildman–Crippen LogP) is 2.97. The first kappa shape index (κ1) is 17.1. The molecule has 1 saturated heterocycles. The molecule has 5 nitrogen and oxygen atoms in total. The van der Waals surface area contributed by atoms with Crippen molar-refractivity contribution in [1.29, 1.82) is 0 Å². The SMILES string of the molecule is CN(CC1CCC1)C(=O)NCC(c1cccc(O)c1)N1CCCC1. The lowest BCUT2D eigenvalue weighted by atomic mass is 9.85. The van der Waals surface area contributed by atoms with Crippen LogP contribution in [0.25, 0.3) is 0 Å². The summed E-state index contributed by atoms with van der Waals surface area (Å²) >= 11 is 0. The number of hydrogen-bond donors (Lipinski definition) is 2. The summed E-state index contributed by atoms with van der Waals surface area (Å²) in [5.41, 5.74) is 1.07. The number of benzene rings is 1. The van der Waals surface area contributed by atoms with Gasteiger partial charge in [0.25, 0.3) is 0 Å². The number of nitrogens with one attached hydrogen (secondary N) is 1. The fourth-order valence-electron chi connectivity index (χ4n) is 3.71. The standard InChI is InChI=1S/C19H29N3O2/c1-21(14-15-6-4-7-15)19(24)20-13-18(22-10-2-3-11-22)16-8-5-9-17(23)12-16/h5,8-9,12,15,18,23H,2-4,6-7,10-11,13-14H2,1H3,(H,20,24). The number of phenolic OH excluding ortho intramolecular Hbond substituents is 1. The Labute approximate surface area is 144 Å². The average Bonchev–Trinajstić information content (AvgIpc) is 3.05. The van der Waals surface area contributed by atoms with Gasteiger partial charge in [-0.3, -0.25) is 4.90 Å². The molecule has 0 radical (unpaired) electrons. The molecule has 2 amide bonds.